The molecule has 0 radical (unpaired) electrons. The Morgan fingerprint density at radius 1 is 1.38 bits per heavy atom. The molecule has 0 atom stereocenters. The Hall–Kier alpha value is -2.95. The van der Waals surface area contributed by atoms with E-state index < -0.39 is 16.6 Å². The minimum Gasteiger partial charge on any atom is -0.358 e. The number of carbonyl (C=O) groups excluding carboxylic acids is 2. The van der Waals surface area contributed by atoms with E-state index in [-0.39, 0.29) is 28.9 Å². The van der Waals surface area contributed by atoms with E-state index in [0.717, 1.165) is 4.68 Å². The van der Waals surface area contributed by atoms with E-state index in [9.17, 15) is 19.7 Å². The van der Waals surface area contributed by atoms with E-state index in [1.165, 1.54) is 22.7 Å². The van der Waals surface area contributed by atoms with Crippen molar-refractivity contribution in [2.75, 3.05) is 19.4 Å². The van der Waals surface area contributed by atoms with E-state index in [1.807, 2.05) is 6.92 Å². The fraction of sp³-hybridized carbons (Fsp3) is 0.429. The van der Waals surface area contributed by atoms with Gasteiger partial charge in [0.1, 0.15) is 12.2 Å². The number of aromatic nitrogens is 4. The maximum atomic E-state index is 12.3. The third-order valence-corrected chi connectivity index (χ3v) is 4.05. The summed E-state index contributed by atoms with van der Waals surface area (Å²) in [5.41, 5.74) is 0.787. The van der Waals surface area contributed by atoms with Gasteiger partial charge in [-0.2, -0.15) is 9.78 Å². The van der Waals surface area contributed by atoms with Crippen molar-refractivity contribution >= 4 is 34.9 Å². The molecule has 0 aliphatic heterocycles. The second kappa shape index (κ2) is 7.52. The summed E-state index contributed by atoms with van der Waals surface area (Å²) in [7, 11) is 3.18. The maximum absolute atomic E-state index is 12.3. The van der Waals surface area contributed by atoms with Crippen molar-refractivity contribution in [3.8, 4) is 0 Å². The molecule has 0 aliphatic carbocycles. The Labute approximate surface area is 153 Å². The van der Waals surface area contributed by atoms with E-state index in [4.69, 9.17) is 11.6 Å². The third-order valence-electron chi connectivity index (χ3n) is 3.60. The summed E-state index contributed by atoms with van der Waals surface area (Å²) in [5, 5.41) is 21.2. The van der Waals surface area contributed by atoms with Crippen molar-refractivity contribution in [1.29, 1.82) is 0 Å². The van der Waals surface area contributed by atoms with Crippen LogP contribution in [0.2, 0.25) is 5.02 Å². The molecule has 12 heteroatoms. The monoisotopic (exact) mass is 383 g/mol. The number of hydrogen-bond donors (Lipinski definition) is 1. The number of nitro groups is 1. The van der Waals surface area contributed by atoms with Crippen LogP contribution in [0.1, 0.15) is 23.1 Å². The molecule has 2 amide bonds. The summed E-state index contributed by atoms with van der Waals surface area (Å²) in [4.78, 5) is 36.2. The van der Waals surface area contributed by atoms with Crippen LogP contribution in [0.15, 0.2) is 6.20 Å². The second-order valence-electron chi connectivity index (χ2n) is 5.61. The van der Waals surface area contributed by atoms with Crippen LogP contribution in [0.5, 0.6) is 0 Å². The Kier molecular flexibility index (Phi) is 5.60. The van der Waals surface area contributed by atoms with E-state index in [2.05, 4.69) is 15.5 Å². The average Bonchev–Trinajstić information content (AvgIpc) is 3.09. The van der Waals surface area contributed by atoms with Gasteiger partial charge in [0.05, 0.1) is 22.7 Å². The number of halogens is 1. The molecule has 0 bridgehead atoms. The minimum absolute atomic E-state index is 0.120. The Morgan fingerprint density at radius 2 is 2.04 bits per heavy atom. The number of anilines is 1. The predicted octanol–water partition coefficient (Wildman–Crippen LogP) is 1.31. The standard InChI is InChI=1S/C14H18ClN7O4/c1-5-20-12(14(24)19(3)4)9(6-16-20)17-10(23)7-21-8(2)11(15)13(18-21)22(25)26/h6H,5,7H2,1-4H3,(H,17,23). The fourth-order valence-corrected chi connectivity index (χ4v) is 2.46. The number of nitrogens with zero attached hydrogens (tertiary/aromatic N) is 6. The number of amides is 2. The molecule has 0 unspecified atom stereocenters. The molecule has 0 spiro atoms. The highest BCUT2D eigenvalue weighted by Crippen LogP contribution is 2.26. The predicted molar refractivity (Wildman–Crippen MR) is 93.2 cm³/mol. The molecule has 140 valence electrons. The van der Waals surface area contributed by atoms with Gasteiger partial charge in [0, 0.05) is 20.6 Å². The molecule has 0 aliphatic rings. The summed E-state index contributed by atoms with van der Waals surface area (Å²) in [5.74, 6) is -1.35. The highest BCUT2D eigenvalue weighted by atomic mass is 35.5. The molecule has 0 fully saturated rings. The Balaban J connectivity index is 2.24. The van der Waals surface area contributed by atoms with Crippen LogP contribution in [-0.4, -0.2) is 55.3 Å². The molecule has 0 saturated heterocycles. The molecule has 2 rings (SSSR count). The van der Waals surface area contributed by atoms with Crippen LogP contribution in [0.4, 0.5) is 11.5 Å². The molecular weight excluding hydrogens is 366 g/mol. The first-order valence-corrected chi connectivity index (χ1v) is 7.99. The van der Waals surface area contributed by atoms with Crippen molar-refractivity contribution in [2.24, 2.45) is 0 Å². The van der Waals surface area contributed by atoms with Gasteiger partial charge in [-0.25, -0.2) is 0 Å². The van der Waals surface area contributed by atoms with Gasteiger partial charge in [-0.3, -0.25) is 14.3 Å². The zero-order valence-electron chi connectivity index (χ0n) is 14.7. The first-order chi connectivity index (χ1) is 12.2. The molecule has 2 aromatic heterocycles. The van der Waals surface area contributed by atoms with Crippen molar-refractivity contribution in [1.82, 2.24) is 24.5 Å². The maximum Gasteiger partial charge on any atom is 0.408 e. The summed E-state index contributed by atoms with van der Waals surface area (Å²) >= 11 is 5.86. The summed E-state index contributed by atoms with van der Waals surface area (Å²) < 4.78 is 2.60. The molecule has 26 heavy (non-hydrogen) atoms. The molecule has 2 aromatic rings. The summed E-state index contributed by atoms with van der Waals surface area (Å²) in [6, 6.07) is 0. The first-order valence-electron chi connectivity index (χ1n) is 7.61. The SMILES string of the molecule is CCn1ncc(NC(=O)Cn2nc([N+](=O)[O-])c(Cl)c2C)c1C(=O)N(C)C. The fourth-order valence-electron chi connectivity index (χ4n) is 2.26. The number of carbonyl (C=O) groups is 2. The third kappa shape index (κ3) is 3.67. The highest BCUT2D eigenvalue weighted by molar-refractivity contribution is 6.33. The minimum atomic E-state index is -0.719. The molecule has 11 nitrogen and oxygen atoms in total. The van der Waals surface area contributed by atoms with Gasteiger partial charge in [0.2, 0.25) is 5.91 Å². The normalized spacial score (nSPS) is 10.7. The van der Waals surface area contributed by atoms with Gasteiger partial charge >= 0.3 is 5.82 Å². The number of hydrogen-bond acceptors (Lipinski definition) is 6. The molecule has 2 heterocycles. The van der Waals surface area contributed by atoms with Gasteiger partial charge < -0.3 is 20.3 Å². The van der Waals surface area contributed by atoms with Crippen LogP contribution in [0.25, 0.3) is 0 Å². The summed E-state index contributed by atoms with van der Waals surface area (Å²) in [6.45, 7) is 3.49. The number of aryl methyl sites for hydroxylation is 1. The zero-order chi connectivity index (χ0) is 19.6. The first kappa shape index (κ1) is 19.4. The van der Waals surface area contributed by atoms with Crippen LogP contribution in [0.3, 0.4) is 0 Å². The lowest BCUT2D eigenvalue weighted by molar-refractivity contribution is -0.389. The van der Waals surface area contributed by atoms with Crippen LogP contribution >= 0.6 is 11.6 Å². The van der Waals surface area contributed by atoms with Crippen LogP contribution < -0.4 is 5.32 Å². The molecule has 0 aromatic carbocycles. The molecule has 0 saturated carbocycles. The highest BCUT2D eigenvalue weighted by Gasteiger charge is 2.26. The molecule has 1 N–H and O–H groups in total. The van der Waals surface area contributed by atoms with Crippen molar-refractivity contribution < 1.29 is 14.5 Å². The van der Waals surface area contributed by atoms with E-state index in [0.29, 0.717) is 12.2 Å². The van der Waals surface area contributed by atoms with Gasteiger partial charge in [-0.05, 0) is 18.8 Å². The largest absolute Gasteiger partial charge is 0.408 e. The van der Waals surface area contributed by atoms with Gasteiger partial charge in [0.15, 0.2) is 5.02 Å². The van der Waals surface area contributed by atoms with E-state index >= 15 is 0 Å². The lowest BCUT2D eigenvalue weighted by Gasteiger charge is -2.13. The number of nitrogens with one attached hydrogen (secondary N) is 1. The van der Waals surface area contributed by atoms with E-state index in [1.54, 1.807) is 14.1 Å². The Morgan fingerprint density at radius 3 is 2.54 bits per heavy atom. The number of rotatable bonds is 6. The Bertz CT molecular complexity index is 871. The van der Waals surface area contributed by atoms with Crippen molar-refractivity contribution in [2.45, 2.75) is 26.9 Å². The lowest BCUT2D eigenvalue weighted by Crippen LogP contribution is -2.27. The quantitative estimate of drug-likeness (QED) is 0.591. The second-order valence-corrected chi connectivity index (χ2v) is 5.99. The smallest absolute Gasteiger partial charge is 0.358 e. The van der Waals surface area contributed by atoms with Crippen molar-refractivity contribution in [3.05, 3.63) is 32.7 Å². The lowest BCUT2D eigenvalue weighted by atomic mass is 10.3. The zero-order valence-corrected chi connectivity index (χ0v) is 15.4. The van der Waals surface area contributed by atoms with Crippen LogP contribution in [-0.2, 0) is 17.9 Å². The van der Waals surface area contributed by atoms with Crippen molar-refractivity contribution in [3.63, 3.8) is 0 Å². The van der Waals surface area contributed by atoms with Gasteiger partial charge in [-0.1, -0.05) is 11.6 Å². The van der Waals surface area contributed by atoms with Crippen LogP contribution in [0, 0.1) is 17.0 Å². The molecular formula is C14H18ClN7O4. The topological polar surface area (TPSA) is 128 Å². The summed E-state index contributed by atoms with van der Waals surface area (Å²) in [6.07, 6.45) is 1.38. The average molecular weight is 384 g/mol. The van der Waals surface area contributed by atoms with Gasteiger partial charge in [0.25, 0.3) is 5.91 Å². The van der Waals surface area contributed by atoms with Gasteiger partial charge in [-0.15, -0.1) is 0 Å².